The minimum absolute atomic E-state index is 0.00714. The van der Waals surface area contributed by atoms with Crippen LogP contribution in [-0.4, -0.2) is 34.6 Å². The zero-order valence-electron chi connectivity index (χ0n) is 15.7. The van der Waals surface area contributed by atoms with Crippen LogP contribution in [0.4, 0.5) is 0 Å². The van der Waals surface area contributed by atoms with Crippen molar-refractivity contribution >= 4 is 17.2 Å². The number of benzene rings is 1. The Hall–Kier alpha value is -2.44. The maximum Gasteiger partial charge on any atom is 0.261 e. The molecule has 0 radical (unpaired) electrons. The number of nitrogens with one attached hydrogen (secondary N) is 2. The van der Waals surface area contributed by atoms with E-state index in [4.69, 9.17) is 0 Å². The Morgan fingerprint density at radius 1 is 1.30 bits per heavy atom. The van der Waals surface area contributed by atoms with Crippen LogP contribution in [0.5, 0.6) is 0 Å². The average molecular weight is 381 g/mol. The summed E-state index contributed by atoms with van der Waals surface area (Å²) in [6.45, 7) is 4.02. The summed E-state index contributed by atoms with van der Waals surface area (Å²) in [5.74, 6) is -0.00714. The van der Waals surface area contributed by atoms with Gasteiger partial charge in [-0.15, -0.1) is 11.3 Å². The normalized spacial score (nSPS) is 17.3. The molecule has 27 heavy (non-hydrogen) atoms. The lowest BCUT2D eigenvalue weighted by atomic mass is 10.1. The van der Waals surface area contributed by atoms with Crippen molar-refractivity contribution in [3.63, 3.8) is 0 Å². The lowest BCUT2D eigenvalue weighted by Gasteiger charge is -2.23. The van der Waals surface area contributed by atoms with Crippen molar-refractivity contribution in [1.29, 1.82) is 0 Å². The summed E-state index contributed by atoms with van der Waals surface area (Å²) in [5, 5.41) is 10.2. The molecule has 1 amide bonds. The fourth-order valence-electron chi connectivity index (χ4n) is 3.73. The predicted molar refractivity (Wildman–Crippen MR) is 109 cm³/mol. The number of aryl methyl sites for hydroxylation is 1. The van der Waals surface area contributed by atoms with Crippen molar-refractivity contribution in [1.82, 2.24) is 20.4 Å². The average Bonchev–Trinajstić information content (AvgIpc) is 3.42. The topological polar surface area (TPSA) is 61.0 Å². The molecule has 0 unspecified atom stereocenters. The molecule has 4 rings (SSSR count). The lowest BCUT2D eigenvalue weighted by Crippen LogP contribution is -2.22. The molecule has 1 saturated heterocycles. The van der Waals surface area contributed by atoms with E-state index in [1.165, 1.54) is 28.0 Å². The van der Waals surface area contributed by atoms with Gasteiger partial charge in [-0.25, -0.2) is 0 Å². The molecular weight excluding hydrogens is 356 g/mol. The zero-order chi connectivity index (χ0) is 18.8. The van der Waals surface area contributed by atoms with Gasteiger partial charge in [0, 0.05) is 30.1 Å². The minimum atomic E-state index is -0.00714. The fourth-order valence-corrected chi connectivity index (χ4v) is 4.86. The van der Waals surface area contributed by atoms with Gasteiger partial charge < -0.3 is 5.32 Å². The molecule has 2 aromatic heterocycles. The number of aromatic amines is 1. The summed E-state index contributed by atoms with van der Waals surface area (Å²) in [4.78, 5) is 16.4. The van der Waals surface area contributed by atoms with Crippen LogP contribution in [-0.2, 0) is 6.54 Å². The quantitative estimate of drug-likeness (QED) is 0.699. The summed E-state index contributed by atoms with van der Waals surface area (Å²) in [6, 6.07) is 13.0. The van der Waals surface area contributed by atoms with E-state index in [2.05, 4.69) is 57.7 Å². The van der Waals surface area contributed by atoms with Crippen molar-refractivity contribution in [3.8, 4) is 11.3 Å². The van der Waals surface area contributed by atoms with Crippen LogP contribution in [0.15, 0.2) is 42.6 Å². The van der Waals surface area contributed by atoms with Gasteiger partial charge in [-0.1, -0.05) is 29.8 Å². The number of H-pyrrole nitrogens is 1. The van der Waals surface area contributed by atoms with Crippen molar-refractivity contribution < 1.29 is 4.79 Å². The highest BCUT2D eigenvalue weighted by atomic mass is 32.1. The molecule has 0 bridgehead atoms. The van der Waals surface area contributed by atoms with Crippen molar-refractivity contribution in [2.75, 3.05) is 13.6 Å². The number of likely N-dealkylation sites (tertiary alicyclic amines) is 1. The fraction of sp³-hybridized carbons (Fsp3) is 0.333. The van der Waals surface area contributed by atoms with Gasteiger partial charge in [-0.05, 0) is 44.0 Å². The lowest BCUT2D eigenvalue weighted by molar-refractivity contribution is 0.0967. The van der Waals surface area contributed by atoms with Crippen LogP contribution < -0.4 is 5.32 Å². The third-order valence-electron chi connectivity index (χ3n) is 5.20. The molecule has 1 aromatic carbocycles. The van der Waals surface area contributed by atoms with E-state index in [0.29, 0.717) is 6.04 Å². The number of carbonyl (C=O) groups is 1. The van der Waals surface area contributed by atoms with E-state index in [9.17, 15) is 4.79 Å². The van der Waals surface area contributed by atoms with Gasteiger partial charge in [0.15, 0.2) is 0 Å². The highest BCUT2D eigenvalue weighted by molar-refractivity contribution is 7.14. The van der Waals surface area contributed by atoms with Crippen LogP contribution in [0.25, 0.3) is 11.3 Å². The minimum Gasteiger partial charge on any atom is -0.354 e. The summed E-state index contributed by atoms with van der Waals surface area (Å²) in [6.07, 6.45) is 4.25. The second-order valence-corrected chi connectivity index (χ2v) is 8.16. The standard InChI is InChI=1S/C21H24N4OS/c1-14-5-7-15(8-6-14)20-16(12-23-24-20)13-25-11-3-4-17(25)18-9-10-19(27-18)21(26)22-2/h5-10,12,17H,3-4,11,13H2,1-2H3,(H,22,26)(H,23,24)/t17-/m1/s1. The molecule has 3 aromatic rings. The maximum absolute atomic E-state index is 11.9. The van der Waals surface area contributed by atoms with Gasteiger partial charge in [0.2, 0.25) is 0 Å². The van der Waals surface area contributed by atoms with Gasteiger partial charge in [0.1, 0.15) is 0 Å². The Bertz CT molecular complexity index is 928. The maximum atomic E-state index is 11.9. The SMILES string of the molecule is CNC(=O)c1ccc([C@H]2CCCN2Cc2cn[nH]c2-c2ccc(C)cc2)s1. The second-order valence-electron chi connectivity index (χ2n) is 7.05. The van der Waals surface area contributed by atoms with E-state index in [0.717, 1.165) is 30.1 Å². The Balaban J connectivity index is 1.54. The Morgan fingerprint density at radius 2 is 2.11 bits per heavy atom. The summed E-state index contributed by atoms with van der Waals surface area (Å²) in [7, 11) is 1.68. The number of hydrogen-bond acceptors (Lipinski definition) is 4. The summed E-state index contributed by atoms with van der Waals surface area (Å²) >= 11 is 1.60. The van der Waals surface area contributed by atoms with E-state index < -0.39 is 0 Å². The Morgan fingerprint density at radius 3 is 2.89 bits per heavy atom. The summed E-state index contributed by atoms with van der Waals surface area (Å²) < 4.78 is 0. The largest absolute Gasteiger partial charge is 0.354 e. The first-order valence-electron chi connectivity index (χ1n) is 9.31. The Kier molecular flexibility index (Phi) is 5.09. The van der Waals surface area contributed by atoms with Crippen molar-refractivity contribution in [3.05, 3.63) is 63.5 Å². The van der Waals surface area contributed by atoms with Crippen molar-refractivity contribution in [2.45, 2.75) is 32.4 Å². The molecule has 1 atom stereocenters. The highest BCUT2D eigenvalue weighted by Crippen LogP contribution is 2.37. The number of amides is 1. The van der Waals surface area contributed by atoms with E-state index in [1.54, 1.807) is 18.4 Å². The third kappa shape index (κ3) is 3.68. The smallest absolute Gasteiger partial charge is 0.261 e. The molecule has 1 aliphatic rings. The van der Waals surface area contributed by atoms with E-state index in [1.807, 2.05) is 12.3 Å². The van der Waals surface area contributed by atoms with Gasteiger partial charge in [-0.2, -0.15) is 5.10 Å². The Labute approximate surface area is 163 Å². The first kappa shape index (κ1) is 17.9. The van der Waals surface area contributed by atoms with Gasteiger partial charge in [0.05, 0.1) is 16.8 Å². The molecule has 1 aliphatic heterocycles. The number of carbonyl (C=O) groups excluding carboxylic acids is 1. The molecule has 0 aliphatic carbocycles. The number of hydrogen-bond donors (Lipinski definition) is 2. The van der Waals surface area contributed by atoms with Gasteiger partial charge in [0.25, 0.3) is 5.91 Å². The molecular formula is C21H24N4OS. The molecule has 5 nitrogen and oxygen atoms in total. The molecule has 2 N–H and O–H groups in total. The predicted octanol–water partition coefficient (Wildman–Crippen LogP) is 4.14. The summed E-state index contributed by atoms with van der Waals surface area (Å²) in [5.41, 5.74) is 4.73. The first-order chi connectivity index (χ1) is 13.2. The van der Waals surface area contributed by atoms with Crippen LogP contribution >= 0.6 is 11.3 Å². The third-order valence-corrected chi connectivity index (χ3v) is 6.39. The number of rotatable bonds is 5. The number of thiophene rings is 1. The van der Waals surface area contributed by atoms with Crippen molar-refractivity contribution in [2.24, 2.45) is 0 Å². The van der Waals surface area contributed by atoms with E-state index >= 15 is 0 Å². The van der Waals surface area contributed by atoms with Crippen LogP contribution in [0.3, 0.4) is 0 Å². The zero-order valence-corrected chi connectivity index (χ0v) is 16.5. The molecule has 6 heteroatoms. The first-order valence-corrected chi connectivity index (χ1v) is 10.1. The molecule has 140 valence electrons. The number of nitrogens with zero attached hydrogens (tertiary/aromatic N) is 2. The monoisotopic (exact) mass is 380 g/mol. The van der Waals surface area contributed by atoms with Crippen LogP contribution in [0.1, 0.15) is 44.6 Å². The molecule has 0 saturated carbocycles. The highest BCUT2D eigenvalue weighted by Gasteiger charge is 2.28. The molecule has 0 spiro atoms. The van der Waals surface area contributed by atoms with Crippen LogP contribution in [0, 0.1) is 6.92 Å². The molecule has 3 heterocycles. The van der Waals surface area contributed by atoms with E-state index in [-0.39, 0.29) is 5.91 Å². The second kappa shape index (κ2) is 7.66. The van der Waals surface area contributed by atoms with Crippen LogP contribution in [0.2, 0.25) is 0 Å². The number of aromatic nitrogens is 2. The molecule has 1 fully saturated rings. The van der Waals surface area contributed by atoms with Gasteiger partial charge in [-0.3, -0.25) is 14.8 Å². The van der Waals surface area contributed by atoms with Gasteiger partial charge >= 0.3 is 0 Å².